The van der Waals surface area contributed by atoms with Crippen LogP contribution in [0, 0.1) is 5.92 Å². The molecule has 1 aromatic carbocycles. The van der Waals surface area contributed by atoms with Crippen molar-refractivity contribution in [3.05, 3.63) is 24.3 Å². The Morgan fingerprint density at radius 3 is 2.67 bits per heavy atom. The van der Waals surface area contributed by atoms with E-state index in [1.165, 1.54) is 6.42 Å². The van der Waals surface area contributed by atoms with E-state index in [9.17, 15) is 9.90 Å². The summed E-state index contributed by atoms with van der Waals surface area (Å²) >= 11 is 0. The van der Waals surface area contributed by atoms with Crippen LogP contribution >= 0.6 is 0 Å². The molecule has 0 radical (unpaired) electrons. The molecule has 3 N–H and O–H groups in total. The van der Waals surface area contributed by atoms with Gasteiger partial charge in [0.15, 0.2) is 0 Å². The Morgan fingerprint density at radius 1 is 1.29 bits per heavy atom. The first-order valence-corrected chi connectivity index (χ1v) is 7.51. The molecule has 2 unspecified atom stereocenters. The molecule has 0 aromatic heterocycles. The third kappa shape index (κ3) is 4.72. The lowest BCUT2D eigenvalue weighted by atomic mass is 9.85. The molecule has 21 heavy (non-hydrogen) atoms. The van der Waals surface area contributed by atoms with Crippen molar-refractivity contribution in [3.8, 4) is 5.75 Å². The molecule has 0 heterocycles. The molecule has 116 valence electrons. The van der Waals surface area contributed by atoms with Gasteiger partial charge in [-0.3, -0.25) is 4.79 Å². The van der Waals surface area contributed by atoms with Gasteiger partial charge in [0.05, 0.1) is 13.7 Å². The second-order valence-electron chi connectivity index (χ2n) is 5.49. The van der Waals surface area contributed by atoms with Crippen LogP contribution in [-0.4, -0.2) is 37.3 Å². The summed E-state index contributed by atoms with van der Waals surface area (Å²) in [6, 6.07) is 7.49. The zero-order valence-electron chi connectivity index (χ0n) is 12.5. The Bertz CT molecular complexity index is 447. The molecular formula is C16H24N2O3. The van der Waals surface area contributed by atoms with Crippen LogP contribution in [0.3, 0.4) is 0 Å². The number of hydrogen-bond acceptors (Lipinski definition) is 4. The van der Waals surface area contributed by atoms with Crippen molar-refractivity contribution in [2.75, 3.05) is 25.6 Å². The van der Waals surface area contributed by atoms with Gasteiger partial charge in [-0.25, -0.2) is 0 Å². The van der Waals surface area contributed by atoms with Crippen LogP contribution in [0.25, 0.3) is 0 Å². The monoisotopic (exact) mass is 292 g/mol. The Labute approximate surface area is 125 Å². The minimum absolute atomic E-state index is 0.0672. The lowest BCUT2D eigenvalue weighted by molar-refractivity contribution is -0.115. The predicted molar refractivity (Wildman–Crippen MR) is 82.5 cm³/mol. The summed E-state index contributed by atoms with van der Waals surface area (Å²) in [4.78, 5) is 11.9. The first kappa shape index (κ1) is 15.8. The van der Waals surface area contributed by atoms with E-state index >= 15 is 0 Å². The van der Waals surface area contributed by atoms with Gasteiger partial charge in [0.25, 0.3) is 0 Å². The first-order valence-electron chi connectivity index (χ1n) is 7.51. The molecule has 5 nitrogen and oxygen atoms in total. The van der Waals surface area contributed by atoms with Crippen molar-refractivity contribution in [2.45, 2.75) is 31.7 Å². The van der Waals surface area contributed by atoms with E-state index in [1.54, 1.807) is 7.11 Å². The number of nitrogens with one attached hydrogen (secondary N) is 2. The average molecular weight is 292 g/mol. The number of methoxy groups -OCH3 is 1. The Hall–Kier alpha value is -1.59. The summed E-state index contributed by atoms with van der Waals surface area (Å²) in [5.74, 6) is 0.967. The lowest BCUT2D eigenvalue weighted by Crippen LogP contribution is -2.43. The zero-order chi connectivity index (χ0) is 15.1. The van der Waals surface area contributed by atoms with Gasteiger partial charge >= 0.3 is 0 Å². The van der Waals surface area contributed by atoms with E-state index in [4.69, 9.17) is 4.74 Å². The van der Waals surface area contributed by atoms with Crippen molar-refractivity contribution >= 4 is 11.6 Å². The smallest absolute Gasteiger partial charge is 0.238 e. The minimum Gasteiger partial charge on any atom is -0.497 e. The molecule has 1 saturated carbocycles. The SMILES string of the molecule is COc1ccc(NC(=O)CNC2CCCCC2CO)cc1. The zero-order valence-corrected chi connectivity index (χ0v) is 12.5. The number of benzene rings is 1. The number of hydrogen-bond donors (Lipinski definition) is 3. The minimum atomic E-state index is -0.0672. The van der Waals surface area contributed by atoms with E-state index in [1.807, 2.05) is 24.3 Å². The van der Waals surface area contributed by atoms with Crippen molar-refractivity contribution < 1.29 is 14.6 Å². The highest BCUT2D eigenvalue weighted by atomic mass is 16.5. The maximum atomic E-state index is 11.9. The van der Waals surface area contributed by atoms with E-state index in [0.717, 1.165) is 30.7 Å². The topological polar surface area (TPSA) is 70.6 Å². The van der Waals surface area contributed by atoms with Crippen molar-refractivity contribution in [1.82, 2.24) is 5.32 Å². The van der Waals surface area contributed by atoms with Crippen LogP contribution in [0.15, 0.2) is 24.3 Å². The number of anilines is 1. The van der Waals surface area contributed by atoms with Crippen LogP contribution < -0.4 is 15.4 Å². The van der Waals surface area contributed by atoms with Crippen molar-refractivity contribution in [2.24, 2.45) is 5.92 Å². The lowest BCUT2D eigenvalue weighted by Gasteiger charge is -2.30. The van der Waals surface area contributed by atoms with Gasteiger partial charge in [-0.05, 0) is 43.0 Å². The number of carbonyl (C=O) groups is 1. The van der Waals surface area contributed by atoms with Crippen LogP contribution in [0.4, 0.5) is 5.69 Å². The molecule has 0 aliphatic heterocycles. The Balaban J connectivity index is 1.78. The highest BCUT2D eigenvalue weighted by molar-refractivity contribution is 5.92. The van der Waals surface area contributed by atoms with Crippen LogP contribution in [0.5, 0.6) is 5.75 Å². The van der Waals surface area contributed by atoms with Gasteiger partial charge in [-0.15, -0.1) is 0 Å². The number of aliphatic hydroxyl groups is 1. The quantitative estimate of drug-likeness (QED) is 0.747. The normalized spacial score (nSPS) is 21.8. The number of amides is 1. The number of ether oxygens (including phenoxy) is 1. The summed E-state index contributed by atoms with van der Waals surface area (Å²) in [5, 5.41) is 15.5. The summed E-state index contributed by atoms with van der Waals surface area (Å²) in [6.45, 7) is 0.463. The van der Waals surface area contributed by atoms with Gasteiger partial charge in [0, 0.05) is 18.3 Å². The Morgan fingerprint density at radius 2 is 2.00 bits per heavy atom. The van der Waals surface area contributed by atoms with Crippen molar-refractivity contribution in [1.29, 1.82) is 0 Å². The fraction of sp³-hybridized carbons (Fsp3) is 0.562. The fourth-order valence-electron chi connectivity index (χ4n) is 2.80. The molecule has 1 amide bonds. The number of aliphatic hydroxyl groups excluding tert-OH is 1. The largest absolute Gasteiger partial charge is 0.497 e. The van der Waals surface area contributed by atoms with E-state index in [0.29, 0.717) is 0 Å². The molecule has 0 bridgehead atoms. The highest BCUT2D eigenvalue weighted by Crippen LogP contribution is 2.23. The first-order chi connectivity index (χ1) is 10.2. The number of rotatable bonds is 6. The standard InChI is InChI=1S/C16H24N2O3/c1-21-14-8-6-13(7-9-14)18-16(20)10-17-15-5-3-2-4-12(15)11-19/h6-9,12,15,17,19H,2-5,10-11H2,1H3,(H,18,20). The number of carbonyl (C=O) groups excluding carboxylic acids is 1. The van der Waals surface area contributed by atoms with E-state index < -0.39 is 0 Å². The molecule has 2 rings (SSSR count). The summed E-state index contributed by atoms with van der Waals surface area (Å²) in [6.07, 6.45) is 4.39. The second-order valence-corrected chi connectivity index (χ2v) is 5.49. The molecule has 1 aromatic rings. The Kier molecular flexibility index (Phi) is 6.02. The molecule has 0 saturated heterocycles. The highest BCUT2D eigenvalue weighted by Gasteiger charge is 2.24. The van der Waals surface area contributed by atoms with Gasteiger partial charge in [-0.2, -0.15) is 0 Å². The second kappa shape index (κ2) is 8.00. The van der Waals surface area contributed by atoms with Gasteiger partial charge in [-0.1, -0.05) is 12.8 Å². The average Bonchev–Trinajstić information content (AvgIpc) is 2.54. The maximum absolute atomic E-state index is 11.9. The summed E-state index contributed by atoms with van der Waals surface area (Å²) in [7, 11) is 1.61. The van der Waals surface area contributed by atoms with Crippen molar-refractivity contribution in [3.63, 3.8) is 0 Å². The fourth-order valence-corrected chi connectivity index (χ4v) is 2.80. The van der Waals surface area contributed by atoms with E-state index in [2.05, 4.69) is 10.6 Å². The molecule has 2 atom stereocenters. The molecule has 1 aliphatic rings. The van der Waals surface area contributed by atoms with Gasteiger partial charge in [0.1, 0.15) is 5.75 Å². The molecule has 5 heteroatoms. The molecule has 1 fully saturated rings. The molecule has 1 aliphatic carbocycles. The van der Waals surface area contributed by atoms with E-state index in [-0.39, 0.29) is 31.0 Å². The summed E-state index contributed by atoms with van der Waals surface area (Å²) in [5.41, 5.74) is 0.755. The third-order valence-corrected chi connectivity index (χ3v) is 4.04. The van der Waals surface area contributed by atoms with Crippen LogP contribution in [0.1, 0.15) is 25.7 Å². The maximum Gasteiger partial charge on any atom is 0.238 e. The summed E-state index contributed by atoms with van der Waals surface area (Å²) < 4.78 is 5.08. The van der Waals surface area contributed by atoms with Gasteiger partial charge in [0.2, 0.25) is 5.91 Å². The predicted octanol–water partition coefficient (Wildman–Crippen LogP) is 1.77. The molecule has 0 spiro atoms. The van der Waals surface area contributed by atoms with Crippen LogP contribution in [-0.2, 0) is 4.79 Å². The van der Waals surface area contributed by atoms with Gasteiger partial charge < -0.3 is 20.5 Å². The molecular weight excluding hydrogens is 268 g/mol. The van der Waals surface area contributed by atoms with Crippen LogP contribution in [0.2, 0.25) is 0 Å². The third-order valence-electron chi connectivity index (χ3n) is 4.04.